The molecule has 0 aliphatic carbocycles. The van der Waals surface area contributed by atoms with Crippen molar-refractivity contribution in [3.63, 3.8) is 0 Å². The van der Waals surface area contributed by atoms with E-state index < -0.39 is 11.1 Å². The van der Waals surface area contributed by atoms with Gasteiger partial charge in [0.1, 0.15) is 0 Å². The molecule has 0 aliphatic rings. The molecule has 0 bridgehead atoms. The zero-order chi connectivity index (χ0) is 8.97. The molecule has 64 valence electrons. The molecular formula is C8H7ClO2S. The van der Waals surface area contributed by atoms with E-state index in [9.17, 15) is 4.21 Å². The van der Waals surface area contributed by atoms with E-state index >= 15 is 0 Å². The molecule has 0 aromatic heterocycles. The molecule has 1 unspecified atom stereocenters. The van der Waals surface area contributed by atoms with Crippen LogP contribution in [0.2, 0.25) is 5.02 Å². The minimum Gasteiger partial charge on any atom is -0.303 e. The maximum Gasteiger partial charge on any atom is 0.178 e. The van der Waals surface area contributed by atoms with Gasteiger partial charge in [0.2, 0.25) is 0 Å². The van der Waals surface area contributed by atoms with Crippen LogP contribution < -0.4 is 0 Å². The Hall–Kier alpha value is -0.640. The van der Waals surface area contributed by atoms with Crippen LogP contribution in [-0.2, 0) is 11.1 Å². The summed E-state index contributed by atoms with van der Waals surface area (Å²) in [5.41, 5.74) is 0.810. The Balaban J connectivity index is 2.83. The van der Waals surface area contributed by atoms with Crippen LogP contribution in [0.25, 0.3) is 6.08 Å². The smallest absolute Gasteiger partial charge is 0.178 e. The molecule has 1 rings (SSSR count). The molecule has 1 N–H and O–H groups in total. The lowest BCUT2D eigenvalue weighted by Gasteiger charge is -1.92. The lowest BCUT2D eigenvalue weighted by molar-refractivity contribution is 0.574. The maximum absolute atomic E-state index is 10.2. The molecule has 2 nitrogen and oxygen atoms in total. The molecule has 0 radical (unpaired) electrons. The summed E-state index contributed by atoms with van der Waals surface area (Å²) >= 11 is 3.79. The van der Waals surface area contributed by atoms with Gasteiger partial charge in [0.05, 0.1) is 0 Å². The topological polar surface area (TPSA) is 37.3 Å². The predicted octanol–water partition coefficient (Wildman–Crippen LogP) is 2.53. The first-order valence-corrected chi connectivity index (χ1v) is 4.77. The van der Waals surface area contributed by atoms with E-state index in [4.69, 9.17) is 16.2 Å². The third kappa shape index (κ3) is 3.17. The molecule has 4 heteroatoms. The predicted molar refractivity (Wildman–Crippen MR) is 51.3 cm³/mol. The van der Waals surface area contributed by atoms with Gasteiger partial charge in [-0.2, -0.15) is 0 Å². The molecule has 0 heterocycles. The Kier molecular flexibility index (Phi) is 3.47. The minimum atomic E-state index is -1.90. The number of benzene rings is 1. The van der Waals surface area contributed by atoms with Crippen molar-refractivity contribution in [1.82, 2.24) is 0 Å². The Morgan fingerprint density at radius 2 is 2.25 bits per heavy atom. The van der Waals surface area contributed by atoms with Gasteiger partial charge in [-0.25, -0.2) is 4.21 Å². The summed E-state index contributed by atoms with van der Waals surface area (Å²) in [4.78, 5) is 0. The summed E-state index contributed by atoms with van der Waals surface area (Å²) < 4.78 is 18.7. The molecule has 1 atom stereocenters. The van der Waals surface area contributed by atoms with Crippen LogP contribution in [0, 0.1) is 0 Å². The second-order valence-corrected chi connectivity index (χ2v) is 3.39. The number of rotatable bonds is 2. The van der Waals surface area contributed by atoms with Crippen molar-refractivity contribution in [3.8, 4) is 0 Å². The molecule has 0 aliphatic heterocycles. The van der Waals surface area contributed by atoms with E-state index in [0.717, 1.165) is 5.56 Å². The van der Waals surface area contributed by atoms with Crippen LogP contribution in [0.4, 0.5) is 0 Å². The van der Waals surface area contributed by atoms with Crippen molar-refractivity contribution in [2.24, 2.45) is 0 Å². The number of halogens is 1. The van der Waals surface area contributed by atoms with E-state index in [-0.39, 0.29) is 0 Å². The van der Waals surface area contributed by atoms with Crippen LogP contribution in [0.1, 0.15) is 5.56 Å². The lowest BCUT2D eigenvalue weighted by atomic mass is 10.2. The summed E-state index contributed by atoms with van der Waals surface area (Å²) in [6, 6.07) is 7.04. The fourth-order valence-corrected chi connectivity index (χ4v) is 1.22. The van der Waals surface area contributed by atoms with Crippen molar-refractivity contribution in [2.45, 2.75) is 0 Å². The standard InChI is InChI=1S/C8H7ClO2S/c9-8-3-1-2-7(6-8)4-5-12(10)11/h1-6H,(H,10,11)/b5-4+. The van der Waals surface area contributed by atoms with Crippen LogP contribution in [0.3, 0.4) is 0 Å². The highest BCUT2D eigenvalue weighted by atomic mass is 35.5. The molecular weight excluding hydrogens is 196 g/mol. The quantitative estimate of drug-likeness (QED) is 0.749. The highest BCUT2D eigenvalue weighted by molar-refractivity contribution is 7.82. The minimum absolute atomic E-state index is 0.612. The van der Waals surface area contributed by atoms with Gasteiger partial charge in [-0.05, 0) is 23.8 Å². The summed E-state index contributed by atoms with van der Waals surface area (Å²) in [5, 5.41) is 1.80. The summed E-state index contributed by atoms with van der Waals surface area (Å²) in [6.45, 7) is 0. The highest BCUT2D eigenvalue weighted by Gasteiger charge is 1.89. The second-order valence-electron chi connectivity index (χ2n) is 2.13. The third-order valence-electron chi connectivity index (χ3n) is 1.23. The van der Waals surface area contributed by atoms with Gasteiger partial charge >= 0.3 is 0 Å². The monoisotopic (exact) mass is 202 g/mol. The fraction of sp³-hybridized carbons (Fsp3) is 0. The number of hydrogen-bond donors (Lipinski definition) is 1. The van der Waals surface area contributed by atoms with E-state index in [2.05, 4.69) is 0 Å². The van der Waals surface area contributed by atoms with Crippen molar-refractivity contribution in [2.75, 3.05) is 0 Å². The van der Waals surface area contributed by atoms with Crippen molar-refractivity contribution in [1.29, 1.82) is 0 Å². The molecule has 0 spiro atoms. The zero-order valence-corrected chi connectivity index (χ0v) is 7.68. The van der Waals surface area contributed by atoms with Gasteiger partial charge in [-0.1, -0.05) is 23.7 Å². The lowest BCUT2D eigenvalue weighted by Crippen LogP contribution is -1.77. The Labute approximate surface area is 78.2 Å². The molecule has 0 amide bonds. The molecule has 12 heavy (non-hydrogen) atoms. The van der Waals surface area contributed by atoms with E-state index in [1.54, 1.807) is 30.3 Å². The fourth-order valence-electron chi connectivity index (χ4n) is 0.747. The molecule has 1 aromatic rings. The Morgan fingerprint density at radius 1 is 1.50 bits per heavy atom. The average molecular weight is 203 g/mol. The van der Waals surface area contributed by atoms with Crippen LogP contribution >= 0.6 is 11.6 Å². The van der Waals surface area contributed by atoms with Crippen LogP contribution in [0.5, 0.6) is 0 Å². The van der Waals surface area contributed by atoms with Gasteiger partial charge < -0.3 is 4.55 Å². The van der Waals surface area contributed by atoms with Crippen molar-refractivity contribution in [3.05, 3.63) is 40.3 Å². The van der Waals surface area contributed by atoms with Gasteiger partial charge in [-0.3, -0.25) is 0 Å². The largest absolute Gasteiger partial charge is 0.303 e. The molecule has 0 saturated carbocycles. The van der Waals surface area contributed by atoms with Gasteiger partial charge in [0.25, 0.3) is 0 Å². The van der Waals surface area contributed by atoms with E-state index in [0.29, 0.717) is 5.02 Å². The number of hydrogen-bond acceptors (Lipinski definition) is 1. The SMILES string of the molecule is O=S(O)/C=C/c1cccc(Cl)c1. The van der Waals surface area contributed by atoms with E-state index in [1.165, 1.54) is 5.41 Å². The summed E-state index contributed by atoms with van der Waals surface area (Å²) in [5.74, 6) is 0. The Bertz CT molecular complexity index is 323. The molecule has 0 fully saturated rings. The van der Waals surface area contributed by atoms with E-state index in [1.807, 2.05) is 0 Å². The first kappa shape index (κ1) is 9.45. The summed E-state index contributed by atoms with van der Waals surface area (Å²) in [6.07, 6.45) is 1.54. The zero-order valence-electron chi connectivity index (χ0n) is 6.11. The molecule has 0 saturated heterocycles. The third-order valence-corrected chi connectivity index (χ3v) is 1.83. The van der Waals surface area contributed by atoms with Gasteiger partial charge in [0, 0.05) is 10.4 Å². The summed E-state index contributed by atoms with van der Waals surface area (Å²) in [7, 11) is 0. The van der Waals surface area contributed by atoms with Crippen molar-refractivity contribution >= 4 is 28.8 Å². The maximum atomic E-state index is 10.2. The van der Waals surface area contributed by atoms with Crippen LogP contribution in [0.15, 0.2) is 29.7 Å². The Morgan fingerprint density at radius 3 is 2.83 bits per heavy atom. The van der Waals surface area contributed by atoms with Crippen molar-refractivity contribution < 1.29 is 8.76 Å². The van der Waals surface area contributed by atoms with Crippen LogP contribution in [-0.4, -0.2) is 8.76 Å². The first-order chi connectivity index (χ1) is 5.68. The second kappa shape index (κ2) is 4.40. The normalized spacial score (nSPS) is 13.5. The van der Waals surface area contributed by atoms with Gasteiger partial charge in [0.15, 0.2) is 11.1 Å². The van der Waals surface area contributed by atoms with Gasteiger partial charge in [-0.15, -0.1) is 0 Å². The molecule has 1 aromatic carbocycles. The highest BCUT2D eigenvalue weighted by Crippen LogP contribution is 2.11. The average Bonchev–Trinajstić information content (AvgIpc) is 2.01. The first-order valence-electron chi connectivity index (χ1n) is 3.22.